The molecule has 0 saturated carbocycles. The summed E-state index contributed by atoms with van der Waals surface area (Å²) in [5.41, 5.74) is -1.14. The summed E-state index contributed by atoms with van der Waals surface area (Å²) in [6.07, 6.45) is 0. The molecule has 2 aromatic rings. The van der Waals surface area contributed by atoms with Gasteiger partial charge >= 0.3 is 17.9 Å². The lowest BCUT2D eigenvalue weighted by Gasteiger charge is -2.08. The fourth-order valence-corrected chi connectivity index (χ4v) is 1.74. The Bertz CT molecular complexity index is 777. The number of carbonyl (C=O) groups excluding carboxylic acids is 1. The largest absolute Gasteiger partial charge is 0.504 e. The van der Waals surface area contributed by atoms with Crippen LogP contribution in [0.5, 0.6) is 17.2 Å². The first-order chi connectivity index (χ1) is 10.8. The van der Waals surface area contributed by atoms with E-state index in [1.165, 1.54) is 18.2 Å². The van der Waals surface area contributed by atoms with E-state index in [1.54, 1.807) is 0 Å². The van der Waals surface area contributed by atoms with Crippen molar-refractivity contribution in [2.24, 2.45) is 0 Å². The predicted octanol–water partition coefficient (Wildman–Crippen LogP) is 1.71. The lowest BCUT2D eigenvalue weighted by Crippen LogP contribution is -2.12. The molecule has 4 N–H and O–H groups in total. The van der Waals surface area contributed by atoms with Crippen LogP contribution in [0.4, 0.5) is 0 Å². The number of hydrogen-bond donors (Lipinski definition) is 4. The molecule has 0 spiro atoms. The Labute approximate surface area is 128 Å². The summed E-state index contributed by atoms with van der Waals surface area (Å²) < 4.78 is 4.85. The van der Waals surface area contributed by atoms with Gasteiger partial charge in [-0.1, -0.05) is 6.07 Å². The summed E-state index contributed by atoms with van der Waals surface area (Å²) in [5.74, 6) is -5.46. The van der Waals surface area contributed by atoms with Crippen LogP contribution in [0, 0.1) is 0 Å². The van der Waals surface area contributed by atoms with E-state index in [2.05, 4.69) is 0 Å². The zero-order valence-electron chi connectivity index (χ0n) is 11.4. The van der Waals surface area contributed by atoms with Crippen molar-refractivity contribution < 1.29 is 39.5 Å². The topological polar surface area (TPSA) is 141 Å². The molecule has 0 heterocycles. The number of carboxylic acid groups (broad SMARTS) is 2. The average molecular weight is 318 g/mol. The van der Waals surface area contributed by atoms with E-state index in [0.717, 1.165) is 18.2 Å². The van der Waals surface area contributed by atoms with Gasteiger partial charge in [-0.3, -0.25) is 0 Å². The highest BCUT2D eigenvalue weighted by Gasteiger charge is 2.18. The maximum atomic E-state index is 12.0. The summed E-state index contributed by atoms with van der Waals surface area (Å²) in [4.78, 5) is 34.0. The Hall–Kier alpha value is -3.55. The number of phenols is 2. The van der Waals surface area contributed by atoms with Gasteiger partial charge in [0.25, 0.3) is 0 Å². The zero-order chi connectivity index (χ0) is 17.1. The van der Waals surface area contributed by atoms with Crippen molar-refractivity contribution in [3.05, 3.63) is 53.1 Å². The molecular formula is C15H10O8. The smallest absolute Gasteiger partial charge is 0.343 e. The Morgan fingerprint density at radius 3 is 1.87 bits per heavy atom. The molecule has 0 saturated heterocycles. The second kappa shape index (κ2) is 6.06. The summed E-state index contributed by atoms with van der Waals surface area (Å²) in [5, 5.41) is 36.8. The van der Waals surface area contributed by atoms with Gasteiger partial charge in [-0.25, -0.2) is 14.4 Å². The van der Waals surface area contributed by atoms with Crippen molar-refractivity contribution in [2.75, 3.05) is 0 Å². The van der Waals surface area contributed by atoms with E-state index in [-0.39, 0.29) is 11.3 Å². The first-order valence-corrected chi connectivity index (χ1v) is 6.14. The van der Waals surface area contributed by atoms with Crippen LogP contribution in [0.3, 0.4) is 0 Å². The number of para-hydroxylation sites is 1. The van der Waals surface area contributed by atoms with Gasteiger partial charge in [0, 0.05) is 0 Å². The lowest BCUT2D eigenvalue weighted by molar-refractivity contribution is 0.0696. The maximum absolute atomic E-state index is 12.0. The molecule has 0 radical (unpaired) electrons. The van der Waals surface area contributed by atoms with E-state index in [1.807, 2.05) is 0 Å². The van der Waals surface area contributed by atoms with Gasteiger partial charge in [0.1, 0.15) is 0 Å². The molecule has 0 aliphatic carbocycles. The van der Waals surface area contributed by atoms with Crippen molar-refractivity contribution in [1.29, 1.82) is 0 Å². The molecule has 0 fully saturated rings. The normalized spacial score (nSPS) is 10.1. The van der Waals surface area contributed by atoms with E-state index < -0.39 is 40.5 Å². The van der Waals surface area contributed by atoms with Crippen molar-refractivity contribution in [2.45, 2.75) is 0 Å². The zero-order valence-corrected chi connectivity index (χ0v) is 11.4. The van der Waals surface area contributed by atoms with Gasteiger partial charge in [-0.15, -0.1) is 0 Å². The van der Waals surface area contributed by atoms with Crippen molar-refractivity contribution >= 4 is 17.9 Å². The van der Waals surface area contributed by atoms with Crippen LogP contribution in [-0.2, 0) is 0 Å². The average Bonchev–Trinajstić information content (AvgIpc) is 2.51. The number of ether oxygens (including phenoxy) is 1. The second-order valence-corrected chi connectivity index (χ2v) is 4.42. The minimum Gasteiger partial charge on any atom is -0.504 e. The number of esters is 1. The van der Waals surface area contributed by atoms with E-state index in [4.69, 9.17) is 14.9 Å². The van der Waals surface area contributed by atoms with Gasteiger partial charge in [0.2, 0.25) is 5.75 Å². The van der Waals surface area contributed by atoms with Gasteiger partial charge in [0.05, 0.1) is 16.7 Å². The molecule has 0 unspecified atom stereocenters. The molecule has 0 bridgehead atoms. The molecule has 0 aliphatic heterocycles. The van der Waals surface area contributed by atoms with Crippen LogP contribution in [0.15, 0.2) is 36.4 Å². The molecule has 2 aromatic carbocycles. The van der Waals surface area contributed by atoms with Crippen LogP contribution in [0.25, 0.3) is 0 Å². The molecule has 118 valence electrons. The lowest BCUT2D eigenvalue weighted by atomic mass is 10.1. The SMILES string of the molecule is O=C(O)c1cc(C(=O)O)cc(C(=O)Oc2cccc(O)c2O)c1. The number of aromatic carboxylic acids is 2. The van der Waals surface area contributed by atoms with Crippen LogP contribution in [0.1, 0.15) is 31.1 Å². The van der Waals surface area contributed by atoms with Crippen LogP contribution in [0.2, 0.25) is 0 Å². The Balaban J connectivity index is 2.40. The van der Waals surface area contributed by atoms with E-state index in [9.17, 15) is 24.6 Å². The van der Waals surface area contributed by atoms with Gasteiger partial charge in [-0.05, 0) is 30.3 Å². The Morgan fingerprint density at radius 2 is 1.35 bits per heavy atom. The monoisotopic (exact) mass is 318 g/mol. The maximum Gasteiger partial charge on any atom is 0.343 e. The van der Waals surface area contributed by atoms with Gasteiger partial charge in [0.15, 0.2) is 11.5 Å². The highest BCUT2D eigenvalue weighted by atomic mass is 16.5. The van der Waals surface area contributed by atoms with Crippen LogP contribution >= 0.6 is 0 Å². The summed E-state index contributed by atoms with van der Waals surface area (Å²) in [6.45, 7) is 0. The van der Waals surface area contributed by atoms with Crippen LogP contribution in [-0.4, -0.2) is 38.3 Å². The van der Waals surface area contributed by atoms with Gasteiger partial charge in [-0.2, -0.15) is 0 Å². The molecular weight excluding hydrogens is 308 g/mol. The Morgan fingerprint density at radius 1 is 0.826 bits per heavy atom. The highest BCUT2D eigenvalue weighted by Crippen LogP contribution is 2.34. The molecule has 0 aliphatic rings. The summed E-state index contributed by atoms with van der Waals surface area (Å²) in [7, 11) is 0. The predicted molar refractivity (Wildman–Crippen MR) is 75.1 cm³/mol. The van der Waals surface area contributed by atoms with E-state index >= 15 is 0 Å². The molecule has 0 amide bonds. The molecule has 0 atom stereocenters. The number of carbonyl (C=O) groups is 3. The first-order valence-electron chi connectivity index (χ1n) is 6.14. The molecule has 2 rings (SSSR count). The standard InChI is InChI=1S/C15H10O8/c16-10-2-1-3-11(12(10)17)23-15(22)9-5-7(13(18)19)4-8(6-9)14(20)21/h1-6,16-17H,(H,18,19)(H,20,21). The Kier molecular flexibility index (Phi) is 4.17. The van der Waals surface area contributed by atoms with Crippen LogP contribution < -0.4 is 4.74 Å². The van der Waals surface area contributed by atoms with Crippen molar-refractivity contribution in [3.63, 3.8) is 0 Å². The quantitative estimate of drug-likeness (QED) is 0.379. The summed E-state index contributed by atoms with van der Waals surface area (Å²) in [6, 6.07) is 6.46. The van der Waals surface area contributed by atoms with Crippen molar-refractivity contribution in [3.8, 4) is 17.2 Å². The van der Waals surface area contributed by atoms with Gasteiger partial charge < -0.3 is 25.2 Å². The molecule has 8 nitrogen and oxygen atoms in total. The molecule has 8 heteroatoms. The highest BCUT2D eigenvalue weighted by molar-refractivity contribution is 6.00. The fourth-order valence-electron chi connectivity index (χ4n) is 1.74. The third kappa shape index (κ3) is 3.38. The first kappa shape index (κ1) is 15.8. The number of phenolic OH excluding ortho intramolecular Hbond substituents is 2. The third-order valence-electron chi connectivity index (χ3n) is 2.84. The number of rotatable bonds is 4. The minimum absolute atomic E-state index is 0.329. The molecule has 23 heavy (non-hydrogen) atoms. The minimum atomic E-state index is -1.41. The molecule has 0 aromatic heterocycles. The third-order valence-corrected chi connectivity index (χ3v) is 2.84. The number of hydrogen-bond acceptors (Lipinski definition) is 6. The van der Waals surface area contributed by atoms with E-state index in [0.29, 0.717) is 0 Å². The summed E-state index contributed by atoms with van der Waals surface area (Å²) >= 11 is 0. The fraction of sp³-hybridized carbons (Fsp3) is 0. The number of carboxylic acids is 2. The second-order valence-electron chi connectivity index (χ2n) is 4.42. The number of aromatic hydroxyl groups is 2. The number of benzene rings is 2. The van der Waals surface area contributed by atoms with Crippen molar-refractivity contribution in [1.82, 2.24) is 0 Å².